The van der Waals surface area contributed by atoms with E-state index < -0.39 is 25.8 Å². The Morgan fingerprint density at radius 2 is 0.750 bits per heavy atom. The largest absolute Gasteiger partial charge is 0.434 e. The Morgan fingerprint density at radius 1 is 0.425 bits per heavy atom. The van der Waals surface area contributed by atoms with Gasteiger partial charge in [0.05, 0.1) is 10.6 Å². The maximum absolute atomic E-state index is 14.5. The molecule has 5 aromatic rings. The Morgan fingerprint density at radius 3 is 1.18 bits per heavy atom. The summed E-state index contributed by atoms with van der Waals surface area (Å²) in [5.74, 6) is 0.631. The molecule has 8 heteroatoms. The van der Waals surface area contributed by atoms with E-state index in [1.807, 2.05) is 24.3 Å². The summed E-state index contributed by atoms with van der Waals surface area (Å²) in [7, 11) is -8.44. The van der Waals surface area contributed by atoms with Crippen molar-refractivity contribution in [1.29, 1.82) is 0 Å². The molecule has 2 atom stereocenters. The van der Waals surface area contributed by atoms with Crippen LogP contribution < -0.4 is 19.7 Å². The van der Waals surface area contributed by atoms with Gasteiger partial charge in [-0.2, -0.15) is 0 Å². The molecule has 0 bridgehead atoms. The highest BCUT2D eigenvalue weighted by Gasteiger charge is 2.48. The fourth-order valence-corrected chi connectivity index (χ4v) is 9.59. The number of fused-ring (bicyclic) bond motifs is 6. The highest BCUT2D eigenvalue weighted by atomic mass is 31.2. The lowest BCUT2D eigenvalue weighted by molar-refractivity contribution is 0.103. The first-order valence-corrected chi connectivity index (χ1v) is 15.8. The van der Waals surface area contributed by atoms with E-state index in [-0.39, 0.29) is 21.7 Å². The molecule has 7 rings (SSSR count). The van der Waals surface area contributed by atoms with Crippen molar-refractivity contribution in [1.82, 2.24) is 0 Å². The van der Waals surface area contributed by atoms with Gasteiger partial charge in [-0.25, -0.2) is 0 Å². The molecule has 0 spiro atoms. The van der Waals surface area contributed by atoms with E-state index in [9.17, 15) is 18.7 Å². The van der Waals surface area contributed by atoms with Crippen molar-refractivity contribution >= 4 is 36.4 Å². The molecule has 0 radical (unpaired) electrons. The highest BCUT2D eigenvalue weighted by molar-refractivity contribution is 7.85. The van der Waals surface area contributed by atoms with Crippen LogP contribution in [0.25, 0.3) is 22.3 Å². The van der Waals surface area contributed by atoms with Gasteiger partial charge in [0, 0.05) is 22.3 Å². The van der Waals surface area contributed by atoms with Gasteiger partial charge < -0.3 is 9.05 Å². The second-order valence-corrected chi connectivity index (χ2v) is 13.8. The minimum absolute atomic E-state index is 0.139. The number of hydrogen-bond donors (Lipinski definition) is 0. The molecule has 0 fully saturated rings. The SMILES string of the molecule is O=C(c1ccccc1C(=O)P1(=O)Oc2ccccc2-c2ccccc21)P1(=O)Oc2ccccc2-c2ccccc21. The second kappa shape index (κ2) is 9.02. The number of para-hydroxylation sites is 2. The van der Waals surface area contributed by atoms with Crippen molar-refractivity contribution in [3.8, 4) is 33.8 Å². The third kappa shape index (κ3) is 3.50. The molecule has 0 aromatic heterocycles. The van der Waals surface area contributed by atoms with E-state index in [2.05, 4.69) is 0 Å². The molecule has 6 nitrogen and oxygen atoms in total. The van der Waals surface area contributed by atoms with Gasteiger partial charge in [-0.3, -0.25) is 18.7 Å². The standard InChI is InChI=1S/C32H20O6P2/c33-31(39(35)29-19-9-5-13-23(29)21-11-3-7-17-27(21)37-39)25-15-1-2-16-26(25)32(34)40(36)30-20-10-6-14-24(30)22-12-4-8-18-28(22)38-40/h1-20H. The zero-order chi connectivity index (χ0) is 27.5. The lowest BCUT2D eigenvalue weighted by atomic mass is 10.0. The molecular weight excluding hydrogens is 542 g/mol. The molecule has 5 aromatic carbocycles. The quantitative estimate of drug-likeness (QED) is 0.214. The molecule has 2 aliphatic rings. The van der Waals surface area contributed by atoms with Crippen molar-refractivity contribution in [2.45, 2.75) is 0 Å². The van der Waals surface area contributed by atoms with Crippen molar-refractivity contribution in [2.75, 3.05) is 0 Å². The molecule has 194 valence electrons. The van der Waals surface area contributed by atoms with Crippen molar-refractivity contribution in [2.24, 2.45) is 0 Å². The van der Waals surface area contributed by atoms with Crippen molar-refractivity contribution < 1.29 is 27.8 Å². The maximum atomic E-state index is 14.5. The van der Waals surface area contributed by atoms with Crippen LogP contribution in [0.2, 0.25) is 0 Å². The summed E-state index contributed by atoms with van der Waals surface area (Å²) in [6.07, 6.45) is 0. The van der Waals surface area contributed by atoms with Crippen LogP contribution in [0.3, 0.4) is 0 Å². The molecule has 2 unspecified atom stereocenters. The summed E-state index contributed by atoms with van der Waals surface area (Å²) < 4.78 is 41.0. The van der Waals surface area contributed by atoms with Crippen LogP contribution in [-0.4, -0.2) is 11.0 Å². The van der Waals surface area contributed by atoms with Gasteiger partial charge in [0.2, 0.25) is 0 Å². The van der Waals surface area contributed by atoms with Crippen LogP contribution in [0.15, 0.2) is 121 Å². The van der Waals surface area contributed by atoms with Gasteiger partial charge >= 0.3 is 14.7 Å². The van der Waals surface area contributed by atoms with Gasteiger partial charge in [0.25, 0.3) is 11.0 Å². The van der Waals surface area contributed by atoms with E-state index >= 15 is 0 Å². The molecular formula is C32H20O6P2. The molecule has 40 heavy (non-hydrogen) atoms. The predicted molar refractivity (Wildman–Crippen MR) is 155 cm³/mol. The minimum atomic E-state index is -4.22. The van der Waals surface area contributed by atoms with Gasteiger partial charge in [0.1, 0.15) is 11.5 Å². The zero-order valence-corrected chi connectivity index (χ0v) is 22.7. The predicted octanol–water partition coefficient (Wildman–Crippen LogP) is 7.29. The molecule has 0 amide bonds. The average molecular weight is 562 g/mol. The average Bonchev–Trinajstić information content (AvgIpc) is 3.00. The lowest BCUT2D eigenvalue weighted by Gasteiger charge is -2.29. The second-order valence-electron chi connectivity index (χ2n) is 9.47. The Hall–Kier alpha value is -4.50. The molecule has 2 heterocycles. The van der Waals surface area contributed by atoms with Gasteiger partial charge in [-0.15, -0.1) is 0 Å². The van der Waals surface area contributed by atoms with E-state index in [4.69, 9.17) is 9.05 Å². The summed E-state index contributed by atoms with van der Waals surface area (Å²) in [4.78, 5) is 28.4. The van der Waals surface area contributed by atoms with Crippen molar-refractivity contribution in [3.63, 3.8) is 0 Å². The van der Waals surface area contributed by atoms with Gasteiger partial charge in [0.15, 0.2) is 0 Å². The fraction of sp³-hybridized carbons (Fsp3) is 0. The monoisotopic (exact) mass is 562 g/mol. The first kappa shape index (κ1) is 24.5. The van der Waals surface area contributed by atoms with E-state index in [1.54, 1.807) is 84.9 Å². The molecule has 0 N–H and O–H groups in total. The van der Waals surface area contributed by atoms with E-state index in [0.717, 1.165) is 11.1 Å². The summed E-state index contributed by atoms with van der Waals surface area (Å²) in [5.41, 5.74) is 0.707. The topological polar surface area (TPSA) is 86.7 Å². The Kier molecular flexibility index (Phi) is 5.54. The first-order chi connectivity index (χ1) is 19.4. The first-order valence-electron chi connectivity index (χ1n) is 12.6. The van der Waals surface area contributed by atoms with Crippen LogP contribution in [0.5, 0.6) is 11.5 Å². The highest BCUT2D eigenvalue weighted by Crippen LogP contribution is 2.59. The zero-order valence-electron chi connectivity index (χ0n) is 20.9. The van der Waals surface area contributed by atoms with E-state index in [0.29, 0.717) is 22.6 Å². The molecule has 2 aliphatic heterocycles. The molecule has 0 saturated heterocycles. The number of carbonyl (C=O) groups excluding carboxylic acids is 2. The number of rotatable bonds is 4. The lowest BCUT2D eigenvalue weighted by Crippen LogP contribution is -2.26. The normalized spacial score (nSPS) is 20.0. The maximum Gasteiger partial charge on any atom is 0.347 e. The van der Waals surface area contributed by atoms with Gasteiger partial charge in [-0.05, 0) is 47.5 Å². The van der Waals surface area contributed by atoms with Crippen LogP contribution in [0.1, 0.15) is 20.7 Å². The summed E-state index contributed by atoms with van der Waals surface area (Å²) in [5, 5.41) is 0.501. The van der Waals surface area contributed by atoms with E-state index in [1.165, 1.54) is 12.1 Å². The molecule has 0 saturated carbocycles. The fourth-order valence-electron chi connectivity index (χ4n) is 5.30. The van der Waals surface area contributed by atoms with Crippen LogP contribution >= 0.6 is 14.7 Å². The minimum Gasteiger partial charge on any atom is -0.434 e. The van der Waals surface area contributed by atoms with Crippen LogP contribution in [-0.2, 0) is 9.13 Å². The number of carbonyl (C=O) groups is 2. The number of benzene rings is 5. The number of hydrogen-bond acceptors (Lipinski definition) is 6. The summed E-state index contributed by atoms with van der Waals surface area (Å²) in [6.45, 7) is 0. The van der Waals surface area contributed by atoms with Crippen LogP contribution in [0.4, 0.5) is 0 Å². The Balaban J connectivity index is 1.37. The van der Waals surface area contributed by atoms with Crippen molar-refractivity contribution in [3.05, 3.63) is 132 Å². The smallest absolute Gasteiger partial charge is 0.347 e. The Bertz CT molecular complexity index is 1840. The summed E-state index contributed by atoms with van der Waals surface area (Å²) in [6, 6.07) is 33.9. The third-order valence-electron chi connectivity index (χ3n) is 7.17. The third-order valence-corrected chi connectivity index (χ3v) is 11.7. The van der Waals surface area contributed by atoms with Crippen LogP contribution in [0, 0.1) is 0 Å². The Labute approximate surface area is 230 Å². The van der Waals surface area contributed by atoms with Gasteiger partial charge in [-0.1, -0.05) is 84.9 Å². The molecule has 0 aliphatic carbocycles. The summed E-state index contributed by atoms with van der Waals surface area (Å²) >= 11 is 0.